The number of nitro benzene ring substituents is 1. The summed E-state index contributed by atoms with van der Waals surface area (Å²) in [5.74, 6) is 0.0117. The van der Waals surface area contributed by atoms with Crippen LogP contribution in [0.4, 0.5) is 22.7 Å². The Morgan fingerprint density at radius 3 is 2.67 bits per heavy atom. The lowest BCUT2D eigenvalue weighted by Gasteiger charge is -2.29. The van der Waals surface area contributed by atoms with E-state index in [0.717, 1.165) is 11.5 Å². The Morgan fingerprint density at radius 2 is 2.00 bits per heavy atom. The zero-order valence-electron chi connectivity index (χ0n) is 10.9. The van der Waals surface area contributed by atoms with Crippen LogP contribution in [0.15, 0.2) is 12.1 Å². The molecule has 2 aliphatic rings. The first kappa shape index (κ1) is 13.7. The monoisotopic (exact) mass is 307 g/mol. The third-order valence-electron chi connectivity index (χ3n) is 3.31. The summed E-state index contributed by atoms with van der Waals surface area (Å²) in [4.78, 5) is 35.3. The largest absolute Gasteiger partial charge is 0.364 e. The molecular weight excluding hydrogens is 296 g/mol. The van der Waals surface area contributed by atoms with Gasteiger partial charge in [0.05, 0.1) is 16.3 Å². The number of nitrogens with zero attached hydrogens (tertiary/aromatic N) is 3. The zero-order valence-corrected chi connectivity index (χ0v) is 11.7. The quantitative estimate of drug-likeness (QED) is 0.493. The van der Waals surface area contributed by atoms with Crippen LogP contribution in [0.1, 0.15) is 0 Å². The van der Waals surface area contributed by atoms with Crippen molar-refractivity contribution < 1.29 is 14.5 Å². The second-order valence-electron chi connectivity index (χ2n) is 4.59. The van der Waals surface area contributed by atoms with E-state index in [2.05, 4.69) is 10.6 Å². The summed E-state index contributed by atoms with van der Waals surface area (Å²) in [5, 5.41) is 17.3. The standard InChI is InChI=1S/C12H11N4O4S/c17-11-12(18)14-8-6-10(16(19)20)9(5-7(8)13-11)15-1-3-21-4-2-15/h5-6H,1-4H2,(H,14,18). The van der Waals surface area contributed by atoms with Crippen molar-refractivity contribution in [3.8, 4) is 0 Å². The summed E-state index contributed by atoms with van der Waals surface area (Å²) in [6.07, 6.45) is 0. The molecule has 1 saturated heterocycles. The van der Waals surface area contributed by atoms with E-state index >= 15 is 0 Å². The van der Waals surface area contributed by atoms with Gasteiger partial charge in [-0.05, 0) is 6.07 Å². The van der Waals surface area contributed by atoms with Gasteiger partial charge in [0.1, 0.15) is 5.69 Å². The van der Waals surface area contributed by atoms with Crippen LogP contribution in [0.5, 0.6) is 0 Å². The van der Waals surface area contributed by atoms with Crippen molar-refractivity contribution in [2.45, 2.75) is 0 Å². The normalized spacial score (nSPS) is 17.8. The lowest BCUT2D eigenvalue weighted by atomic mass is 10.1. The predicted octanol–water partition coefficient (Wildman–Crippen LogP) is 0.863. The second-order valence-corrected chi connectivity index (χ2v) is 5.81. The Balaban J connectivity index is 2.06. The minimum Gasteiger partial charge on any atom is -0.364 e. The van der Waals surface area contributed by atoms with Crippen LogP contribution in [-0.2, 0) is 9.59 Å². The zero-order chi connectivity index (χ0) is 15.0. The maximum atomic E-state index is 11.3. The smallest absolute Gasteiger partial charge is 0.335 e. The molecule has 2 amide bonds. The molecule has 0 spiro atoms. The van der Waals surface area contributed by atoms with Gasteiger partial charge in [-0.1, -0.05) is 0 Å². The number of rotatable bonds is 2. The fourth-order valence-corrected chi connectivity index (χ4v) is 3.20. The highest BCUT2D eigenvalue weighted by atomic mass is 32.2. The molecule has 21 heavy (non-hydrogen) atoms. The van der Waals surface area contributed by atoms with Gasteiger partial charge in [-0.3, -0.25) is 19.7 Å². The number of fused-ring (bicyclic) bond motifs is 1. The minimum absolute atomic E-state index is 0.0921. The molecule has 0 atom stereocenters. The molecule has 0 aliphatic carbocycles. The Kier molecular flexibility index (Phi) is 3.42. The number of thioether (sulfide) groups is 1. The molecule has 8 nitrogen and oxygen atoms in total. The van der Waals surface area contributed by atoms with Gasteiger partial charge in [0.25, 0.3) is 5.69 Å². The maximum absolute atomic E-state index is 11.3. The van der Waals surface area contributed by atoms with E-state index in [1.54, 1.807) is 11.8 Å². The second kappa shape index (κ2) is 5.24. The van der Waals surface area contributed by atoms with Gasteiger partial charge in [-0.25, -0.2) is 5.32 Å². The molecule has 2 heterocycles. The van der Waals surface area contributed by atoms with Crippen molar-refractivity contribution in [2.24, 2.45) is 0 Å². The van der Waals surface area contributed by atoms with E-state index in [4.69, 9.17) is 0 Å². The summed E-state index contributed by atoms with van der Waals surface area (Å²) >= 11 is 1.79. The summed E-state index contributed by atoms with van der Waals surface area (Å²) < 4.78 is 0. The van der Waals surface area contributed by atoms with E-state index in [0.29, 0.717) is 18.8 Å². The molecule has 1 aromatic carbocycles. The molecule has 9 heteroatoms. The third-order valence-corrected chi connectivity index (χ3v) is 4.25. The van der Waals surface area contributed by atoms with Crippen LogP contribution < -0.4 is 15.5 Å². The summed E-state index contributed by atoms with van der Waals surface area (Å²) in [5.41, 5.74) is 0.803. The van der Waals surface area contributed by atoms with Gasteiger partial charge in [0, 0.05) is 30.7 Å². The Labute approximate surface area is 124 Å². The SMILES string of the molecule is O=C1[N]c2cc(N3CCSCC3)c([N+](=O)[O-])cc2NC1=O. The number of amides is 2. The van der Waals surface area contributed by atoms with Crippen molar-refractivity contribution in [3.63, 3.8) is 0 Å². The first-order chi connectivity index (χ1) is 10.1. The fraction of sp³-hybridized carbons (Fsp3) is 0.333. The van der Waals surface area contributed by atoms with Gasteiger partial charge in [0.2, 0.25) is 0 Å². The van der Waals surface area contributed by atoms with E-state index in [1.807, 2.05) is 4.90 Å². The van der Waals surface area contributed by atoms with E-state index in [-0.39, 0.29) is 17.1 Å². The number of nitrogens with one attached hydrogen (secondary N) is 1. The molecule has 0 saturated carbocycles. The van der Waals surface area contributed by atoms with Gasteiger partial charge >= 0.3 is 11.8 Å². The van der Waals surface area contributed by atoms with Crippen molar-refractivity contribution in [3.05, 3.63) is 22.2 Å². The minimum atomic E-state index is -0.892. The Bertz CT molecular complexity index is 642. The van der Waals surface area contributed by atoms with E-state index in [1.165, 1.54) is 12.1 Å². The molecule has 0 aromatic heterocycles. The lowest BCUT2D eigenvalue weighted by molar-refractivity contribution is -0.384. The maximum Gasteiger partial charge on any atom is 0.335 e. The molecule has 1 aromatic rings. The van der Waals surface area contributed by atoms with Crippen molar-refractivity contribution in [1.82, 2.24) is 5.32 Å². The van der Waals surface area contributed by atoms with Crippen LogP contribution in [-0.4, -0.2) is 41.3 Å². The molecule has 1 radical (unpaired) electrons. The van der Waals surface area contributed by atoms with Gasteiger partial charge < -0.3 is 10.2 Å². The van der Waals surface area contributed by atoms with Crippen molar-refractivity contribution in [2.75, 3.05) is 34.8 Å². The third kappa shape index (κ3) is 2.51. The van der Waals surface area contributed by atoms with E-state index < -0.39 is 16.7 Å². The molecule has 0 bridgehead atoms. The van der Waals surface area contributed by atoms with Crippen LogP contribution in [0.25, 0.3) is 0 Å². The molecule has 109 valence electrons. The molecule has 3 rings (SSSR count). The first-order valence-corrected chi connectivity index (χ1v) is 7.44. The Morgan fingerprint density at radius 1 is 1.29 bits per heavy atom. The van der Waals surface area contributed by atoms with Crippen LogP contribution in [0.3, 0.4) is 0 Å². The topological polar surface area (TPSA) is 107 Å². The number of hydrogen-bond acceptors (Lipinski definition) is 6. The van der Waals surface area contributed by atoms with Crippen LogP contribution in [0.2, 0.25) is 0 Å². The average Bonchev–Trinajstić information content (AvgIpc) is 2.48. The highest BCUT2D eigenvalue weighted by Gasteiger charge is 2.30. The van der Waals surface area contributed by atoms with Gasteiger partial charge in [-0.2, -0.15) is 11.8 Å². The molecule has 2 aliphatic heterocycles. The summed E-state index contributed by atoms with van der Waals surface area (Å²) in [7, 11) is 0. The average molecular weight is 307 g/mol. The Hall–Kier alpha value is -2.29. The highest BCUT2D eigenvalue weighted by molar-refractivity contribution is 7.99. The first-order valence-electron chi connectivity index (χ1n) is 6.28. The van der Waals surface area contributed by atoms with Crippen molar-refractivity contribution >= 4 is 46.3 Å². The van der Waals surface area contributed by atoms with Gasteiger partial charge in [-0.15, -0.1) is 0 Å². The number of nitro groups is 1. The molecule has 1 N–H and O–H groups in total. The predicted molar refractivity (Wildman–Crippen MR) is 78.1 cm³/mol. The van der Waals surface area contributed by atoms with Crippen molar-refractivity contribution in [1.29, 1.82) is 0 Å². The number of carbonyl (C=O) groups excluding carboxylic acids is 2. The van der Waals surface area contributed by atoms with Crippen LogP contribution >= 0.6 is 11.8 Å². The van der Waals surface area contributed by atoms with Gasteiger partial charge in [0.15, 0.2) is 0 Å². The summed E-state index contributed by atoms with van der Waals surface area (Å²) in [6, 6.07) is 2.76. The fourth-order valence-electron chi connectivity index (χ4n) is 2.30. The number of carbonyl (C=O) groups is 2. The van der Waals surface area contributed by atoms with Crippen LogP contribution in [0, 0.1) is 10.1 Å². The molecule has 0 unspecified atom stereocenters. The van der Waals surface area contributed by atoms with E-state index in [9.17, 15) is 19.7 Å². The molecular formula is C12H11N4O4S. The lowest BCUT2D eigenvalue weighted by Crippen LogP contribution is -2.35. The molecule has 1 fully saturated rings. The highest BCUT2D eigenvalue weighted by Crippen LogP contribution is 2.39. The number of hydrogen-bond donors (Lipinski definition) is 1. The number of anilines is 2. The number of benzene rings is 1. The summed E-state index contributed by atoms with van der Waals surface area (Å²) in [6.45, 7) is 1.40.